The van der Waals surface area contributed by atoms with Gasteiger partial charge in [-0.05, 0) is 12.8 Å². The maximum absolute atomic E-state index is 10.6. The molecule has 0 atom stereocenters. The van der Waals surface area contributed by atoms with E-state index in [2.05, 4.69) is 9.88 Å². The number of carboxylic acids is 1. The van der Waals surface area contributed by atoms with Crippen molar-refractivity contribution in [2.75, 3.05) is 6.54 Å². The van der Waals surface area contributed by atoms with Crippen LogP contribution in [0.1, 0.15) is 25.1 Å². The minimum atomic E-state index is -0.756. The van der Waals surface area contributed by atoms with Gasteiger partial charge in [0.1, 0.15) is 11.0 Å². The van der Waals surface area contributed by atoms with E-state index >= 15 is 0 Å². The normalized spacial score (nSPS) is 15.5. The van der Waals surface area contributed by atoms with Crippen LogP contribution in [0.4, 0.5) is 0 Å². The molecule has 2 rings (SSSR count). The van der Waals surface area contributed by atoms with E-state index in [0.29, 0.717) is 24.3 Å². The lowest BCUT2D eigenvalue weighted by atomic mass is 10.3. The van der Waals surface area contributed by atoms with Crippen LogP contribution in [0.2, 0.25) is 5.15 Å². The van der Waals surface area contributed by atoms with E-state index in [1.807, 2.05) is 11.6 Å². The molecule has 1 aromatic rings. The number of hydrogen-bond donors (Lipinski definition) is 1. The van der Waals surface area contributed by atoms with Gasteiger partial charge in [0, 0.05) is 19.6 Å². The second-order valence-electron chi connectivity index (χ2n) is 4.40. The Morgan fingerprint density at radius 2 is 2.41 bits per heavy atom. The standard InChI is InChI=1S/C11H16ClN3O2/c1-14-9(12)6-13-10(14)7-15(8-2-3-8)5-4-11(16)17/h6,8H,2-5,7H2,1H3,(H,16,17). The Kier molecular flexibility index (Phi) is 3.69. The molecule has 6 heteroatoms. The molecule has 94 valence electrons. The highest BCUT2D eigenvalue weighted by Gasteiger charge is 2.29. The van der Waals surface area contributed by atoms with E-state index in [4.69, 9.17) is 16.7 Å². The predicted molar refractivity (Wildman–Crippen MR) is 63.9 cm³/mol. The van der Waals surface area contributed by atoms with E-state index in [0.717, 1.165) is 18.7 Å². The lowest BCUT2D eigenvalue weighted by Crippen LogP contribution is -2.29. The Morgan fingerprint density at radius 1 is 1.71 bits per heavy atom. The summed E-state index contributed by atoms with van der Waals surface area (Å²) >= 11 is 5.92. The van der Waals surface area contributed by atoms with E-state index in [1.54, 1.807) is 6.20 Å². The summed E-state index contributed by atoms with van der Waals surface area (Å²) in [7, 11) is 1.87. The second-order valence-corrected chi connectivity index (χ2v) is 4.79. The van der Waals surface area contributed by atoms with E-state index < -0.39 is 5.97 Å². The van der Waals surface area contributed by atoms with Gasteiger partial charge >= 0.3 is 5.97 Å². The van der Waals surface area contributed by atoms with Gasteiger partial charge in [0.15, 0.2) is 0 Å². The van der Waals surface area contributed by atoms with Crippen molar-refractivity contribution in [3.63, 3.8) is 0 Å². The van der Waals surface area contributed by atoms with Gasteiger partial charge in [-0.1, -0.05) is 11.6 Å². The van der Waals surface area contributed by atoms with Crippen molar-refractivity contribution in [1.82, 2.24) is 14.5 Å². The van der Waals surface area contributed by atoms with Crippen molar-refractivity contribution in [1.29, 1.82) is 0 Å². The third-order valence-electron chi connectivity index (χ3n) is 3.05. The zero-order valence-corrected chi connectivity index (χ0v) is 10.5. The molecule has 1 saturated carbocycles. The van der Waals surface area contributed by atoms with Gasteiger partial charge in [-0.15, -0.1) is 0 Å². The Balaban J connectivity index is 1.97. The molecule has 0 saturated heterocycles. The fourth-order valence-electron chi connectivity index (χ4n) is 1.82. The highest BCUT2D eigenvalue weighted by Crippen LogP contribution is 2.28. The first kappa shape index (κ1) is 12.4. The van der Waals surface area contributed by atoms with Crippen LogP contribution in [0.3, 0.4) is 0 Å². The molecule has 0 bridgehead atoms. The fraction of sp³-hybridized carbons (Fsp3) is 0.636. The first-order chi connectivity index (χ1) is 8.08. The van der Waals surface area contributed by atoms with Gasteiger partial charge < -0.3 is 9.67 Å². The summed E-state index contributed by atoms with van der Waals surface area (Å²) in [6.07, 6.45) is 4.10. The number of hydrogen-bond acceptors (Lipinski definition) is 3. The predicted octanol–water partition coefficient (Wildman–Crippen LogP) is 1.51. The summed E-state index contributed by atoms with van der Waals surface area (Å²) in [6, 6.07) is 0.518. The number of halogens is 1. The number of rotatable bonds is 6. The molecule has 0 aromatic carbocycles. The van der Waals surface area contributed by atoms with Gasteiger partial charge in [-0.2, -0.15) is 0 Å². The molecule has 0 unspecified atom stereocenters. The van der Waals surface area contributed by atoms with Crippen LogP contribution in [0.25, 0.3) is 0 Å². The number of imidazole rings is 1. The Hall–Kier alpha value is -1.07. The topological polar surface area (TPSA) is 58.4 Å². The van der Waals surface area contributed by atoms with E-state index in [9.17, 15) is 4.79 Å². The fourth-order valence-corrected chi connectivity index (χ4v) is 1.97. The zero-order valence-electron chi connectivity index (χ0n) is 9.77. The molecule has 1 N–H and O–H groups in total. The molecule has 0 radical (unpaired) electrons. The summed E-state index contributed by atoms with van der Waals surface area (Å²) < 4.78 is 1.83. The van der Waals surface area contributed by atoms with Gasteiger partial charge in [0.2, 0.25) is 0 Å². The zero-order chi connectivity index (χ0) is 12.4. The van der Waals surface area contributed by atoms with Crippen molar-refractivity contribution in [3.8, 4) is 0 Å². The molecule has 0 amide bonds. The number of aliphatic carboxylic acids is 1. The van der Waals surface area contributed by atoms with Crippen molar-refractivity contribution in [2.45, 2.75) is 31.8 Å². The van der Waals surface area contributed by atoms with Crippen molar-refractivity contribution in [3.05, 3.63) is 17.2 Å². The lowest BCUT2D eigenvalue weighted by molar-refractivity contribution is -0.137. The minimum absolute atomic E-state index is 0.175. The second kappa shape index (κ2) is 5.06. The maximum Gasteiger partial charge on any atom is 0.304 e. The largest absolute Gasteiger partial charge is 0.481 e. The van der Waals surface area contributed by atoms with Crippen molar-refractivity contribution in [2.24, 2.45) is 7.05 Å². The highest BCUT2D eigenvalue weighted by atomic mass is 35.5. The average molecular weight is 258 g/mol. The van der Waals surface area contributed by atoms with Gasteiger partial charge in [-0.3, -0.25) is 9.69 Å². The van der Waals surface area contributed by atoms with Crippen LogP contribution >= 0.6 is 11.6 Å². The summed E-state index contributed by atoms with van der Waals surface area (Å²) in [6.45, 7) is 1.24. The summed E-state index contributed by atoms with van der Waals surface area (Å²) in [5.74, 6) is 0.126. The Morgan fingerprint density at radius 3 is 2.88 bits per heavy atom. The molecule has 1 fully saturated rings. The lowest BCUT2D eigenvalue weighted by Gasteiger charge is -2.20. The van der Waals surface area contributed by atoms with Gasteiger partial charge in [0.25, 0.3) is 0 Å². The summed E-state index contributed by atoms with van der Waals surface area (Å²) in [5, 5.41) is 9.33. The van der Waals surface area contributed by atoms with Crippen LogP contribution in [-0.2, 0) is 18.4 Å². The summed E-state index contributed by atoms with van der Waals surface area (Å²) in [5.41, 5.74) is 0. The maximum atomic E-state index is 10.6. The van der Waals surface area contributed by atoms with Crippen LogP contribution in [-0.4, -0.2) is 38.1 Å². The molecule has 5 nitrogen and oxygen atoms in total. The van der Waals surface area contributed by atoms with Gasteiger partial charge in [-0.25, -0.2) is 4.98 Å². The highest BCUT2D eigenvalue weighted by molar-refractivity contribution is 6.29. The number of carbonyl (C=O) groups is 1. The van der Waals surface area contributed by atoms with Gasteiger partial charge in [0.05, 0.1) is 19.2 Å². The quantitative estimate of drug-likeness (QED) is 0.839. The first-order valence-corrected chi connectivity index (χ1v) is 6.07. The van der Waals surface area contributed by atoms with Crippen molar-refractivity contribution < 1.29 is 9.90 Å². The van der Waals surface area contributed by atoms with Crippen LogP contribution in [0.5, 0.6) is 0 Å². The molecule has 1 aromatic heterocycles. The molecule has 0 aliphatic heterocycles. The number of nitrogens with zero attached hydrogens (tertiary/aromatic N) is 3. The van der Waals surface area contributed by atoms with Crippen LogP contribution in [0.15, 0.2) is 6.20 Å². The molecule has 1 aliphatic rings. The monoisotopic (exact) mass is 257 g/mol. The van der Waals surface area contributed by atoms with Crippen LogP contribution in [0, 0.1) is 0 Å². The molecule has 1 aliphatic carbocycles. The van der Waals surface area contributed by atoms with E-state index in [-0.39, 0.29) is 6.42 Å². The van der Waals surface area contributed by atoms with Crippen LogP contribution < -0.4 is 0 Å². The molecule has 17 heavy (non-hydrogen) atoms. The molecular weight excluding hydrogens is 242 g/mol. The molecule has 1 heterocycles. The van der Waals surface area contributed by atoms with E-state index in [1.165, 1.54) is 0 Å². The third-order valence-corrected chi connectivity index (χ3v) is 3.40. The number of carboxylic acid groups (broad SMARTS) is 1. The first-order valence-electron chi connectivity index (χ1n) is 5.70. The third kappa shape index (κ3) is 3.20. The SMILES string of the molecule is Cn1c(Cl)cnc1CN(CCC(=O)O)C1CC1. The molecule has 0 spiro atoms. The smallest absolute Gasteiger partial charge is 0.304 e. The summed E-state index contributed by atoms with van der Waals surface area (Å²) in [4.78, 5) is 17.0. The Bertz CT molecular complexity index is 415. The Labute approximate surface area is 105 Å². The minimum Gasteiger partial charge on any atom is -0.481 e. The molecular formula is C11H16ClN3O2. The average Bonchev–Trinajstić information content (AvgIpc) is 3.06. The van der Waals surface area contributed by atoms with Crippen molar-refractivity contribution >= 4 is 17.6 Å². The number of aromatic nitrogens is 2.